The zero-order valence-electron chi connectivity index (χ0n) is 21.9. The van der Waals surface area contributed by atoms with E-state index in [1.54, 1.807) is 0 Å². The Morgan fingerprint density at radius 3 is 2.75 bits per heavy atom. The molecule has 1 aromatic heterocycles. The van der Waals surface area contributed by atoms with Crippen LogP contribution in [-0.4, -0.2) is 81.5 Å². The number of fused-ring (bicyclic) bond motifs is 4. The summed E-state index contributed by atoms with van der Waals surface area (Å²) < 4.78 is 26.2. The van der Waals surface area contributed by atoms with E-state index >= 15 is 0 Å². The van der Waals surface area contributed by atoms with E-state index in [1.165, 1.54) is 5.56 Å². The van der Waals surface area contributed by atoms with Crippen molar-refractivity contribution in [2.75, 3.05) is 26.2 Å². The minimum atomic E-state index is -0.774. The Bertz CT molecular complexity index is 1000. The number of amides is 1. The molecule has 6 rings (SSSR count). The van der Waals surface area contributed by atoms with Gasteiger partial charge in [0.15, 0.2) is 0 Å². The number of alkyl halides is 1. The van der Waals surface area contributed by atoms with Crippen molar-refractivity contribution in [3.63, 3.8) is 0 Å². The van der Waals surface area contributed by atoms with E-state index in [4.69, 9.17) is 19.4 Å². The first kappa shape index (κ1) is 24.3. The van der Waals surface area contributed by atoms with Crippen molar-refractivity contribution in [3.8, 4) is 6.01 Å². The molecule has 9 heteroatoms. The first-order valence-electron chi connectivity index (χ1n) is 13.8. The Morgan fingerprint density at radius 2 is 2.00 bits per heavy atom. The van der Waals surface area contributed by atoms with E-state index in [9.17, 15) is 9.18 Å². The molecule has 5 aliphatic rings. The number of ether oxygens (including phenoxy) is 2. The molecule has 5 aliphatic heterocycles. The highest BCUT2D eigenvalue weighted by molar-refractivity contribution is 5.69. The van der Waals surface area contributed by atoms with Crippen molar-refractivity contribution in [1.29, 1.82) is 0 Å². The van der Waals surface area contributed by atoms with Crippen LogP contribution in [0.5, 0.6) is 6.01 Å². The van der Waals surface area contributed by atoms with Gasteiger partial charge in [-0.2, -0.15) is 9.97 Å². The van der Waals surface area contributed by atoms with Crippen LogP contribution in [0.2, 0.25) is 0 Å². The molecule has 4 atom stereocenters. The van der Waals surface area contributed by atoms with Gasteiger partial charge in [-0.25, -0.2) is 9.18 Å². The SMILES string of the molecule is CC(C)(C)OC(=O)N1C2CCC1CC(c1nc(OCC34CCCN3C[C@H](F)C4)nc3c1CCNC3)C2. The van der Waals surface area contributed by atoms with Gasteiger partial charge in [-0.3, -0.25) is 4.90 Å². The van der Waals surface area contributed by atoms with Crippen molar-refractivity contribution < 1.29 is 18.7 Å². The zero-order chi connectivity index (χ0) is 25.1. The fraction of sp³-hybridized carbons (Fsp3) is 0.815. The van der Waals surface area contributed by atoms with Gasteiger partial charge in [0.05, 0.1) is 16.9 Å². The van der Waals surface area contributed by atoms with E-state index in [0.717, 1.165) is 69.4 Å². The van der Waals surface area contributed by atoms with Gasteiger partial charge in [-0.05, 0) is 84.4 Å². The fourth-order valence-electron chi connectivity index (χ4n) is 7.43. The van der Waals surface area contributed by atoms with Crippen LogP contribution in [0.25, 0.3) is 0 Å². The second-order valence-electron chi connectivity index (χ2n) is 12.5. The highest BCUT2D eigenvalue weighted by Crippen LogP contribution is 2.45. The van der Waals surface area contributed by atoms with Gasteiger partial charge in [-0.1, -0.05) is 0 Å². The Balaban J connectivity index is 1.22. The van der Waals surface area contributed by atoms with Crippen LogP contribution in [0.15, 0.2) is 0 Å². The van der Waals surface area contributed by atoms with Crippen molar-refractivity contribution in [2.24, 2.45) is 0 Å². The summed E-state index contributed by atoms with van der Waals surface area (Å²) in [6.45, 7) is 9.31. The number of carbonyl (C=O) groups excluding carboxylic acids is 1. The molecule has 0 radical (unpaired) electrons. The molecule has 4 fully saturated rings. The van der Waals surface area contributed by atoms with Crippen LogP contribution in [0, 0.1) is 0 Å². The van der Waals surface area contributed by atoms with Crippen LogP contribution in [0.3, 0.4) is 0 Å². The van der Waals surface area contributed by atoms with Crippen molar-refractivity contribution in [1.82, 2.24) is 25.1 Å². The molecule has 0 saturated carbocycles. The number of nitrogens with zero attached hydrogens (tertiary/aromatic N) is 4. The summed E-state index contributed by atoms with van der Waals surface area (Å²) in [6.07, 6.45) is 6.38. The molecule has 8 nitrogen and oxygen atoms in total. The van der Waals surface area contributed by atoms with Gasteiger partial charge < -0.3 is 19.7 Å². The van der Waals surface area contributed by atoms with Gasteiger partial charge in [0.1, 0.15) is 18.4 Å². The topological polar surface area (TPSA) is 79.8 Å². The average Bonchev–Trinajstić information content (AvgIpc) is 3.43. The molecule has 3 unspecified atom stereocenters. The normalized spacial score (nSPS) is 33.9. The van der Waals surface area contributed by atoms with Crippen LogP contribution >= 0.6 is 0 Å². The summed E-state index contributed by atoms with van der Waals surface area (Å²) in [7, 11) is 0. The minimum absolute atomic E-state index is 0.186. The Kier molecular flexibility index (Phi) is 6.14. The van der Waals surface area contributed by atoms with Crippen LogP contribution < -0.4 is 10.1 Å². The molecule has 0 spiro atoms. The Morgan fingerprint density at radius 1 is 1.22 bits per heavy atom. The number of hydrogen-bond acceptors (Lipinski definition) is 7. The Labute approximate surface area is 213 Å². The molecule has 1 amide bonds. The maximum atomic E-state index is 14.2. The molecule has 6 heterocycles. The van der Waals surface area contributed by atoms with Crippen LogP contribution in [-0.2, 0) is 17.7 Å². The van der Waals surface area contributed by atoms with Crippen LogP contribution in [0.4, 0.5) is 9.18 Å². The van der Waals surface area contributed by atoms with Crippen molar-refractivity contribution in [2.45, 2.75) is 114 Å². The summed E-state index contributed by atoms with van der Waals surface area (Å²) in [5.74, 6) is 0.279. The molecule has 1 aromatic rings. The van der Waals surface area contributed by atoms with Crippen molar-refractivity contribution >= 4 is 6.09 Å². The summed E-state index contributed by atoms with van der Waals surface area (Å²) in [5.41, 5.74) is 2.68. The second-order valence-corrected chi connectivity index (χ2v) is 12.5. The smallest absolute Gasteiger partial charge is 0.410 e. The predicted octanol–water partition coefficient (Wildman–Crippen LogP) is 3.72. The van der Waals surface area contributed by atoms with Gasteiger partial charge in [-0.15, -0.1) is 0 Å². The quantitative estimate of drug-likeness (QED) is 0.674. The molecular weight excluding hydrogens is 461 g/mol. The number of piperidine rings is 1. The minimum Gasteiger partial charge on any atom is -0.461 e. The summed E-state index contributed by atoms with van der Waals surface area (Å²) in [4.78, 5) is 27.0. The van der Waals surface area contributed by atoms with Crippen molar-refractivity contribution in [3.05, 3.63) is 17.0 Å². The standard InChI is InChI=1S/C27H40FN5O3/c1-26(2,3)36-25(34)33-19-5-6-20(33)12-17(11-19)23-21-7-9-29-14-22(21)30-24(31-23)35-16-27-8-4-10-32(27)15-18(28)13-27/h17-20,29H,4-16H2,1-3H3/t17?,18-,19?,20?,27?/m1/s1. The second kappa shape index (κ2) is 9.08. The molecule has 0 aromatic carbocycles. The highest BCUT2D eigenvalue weighted by Gasteiger charge is 2.50. The molecule has 198 valence electrons. The maximum absolute atomic E-state index is 14.2. The lowest BCUT2D eigenvalue weighted by molar-refractivity contribution is 0.00561. The summed E-state index contributed by atoms with van der Waals surface area (Å²) in [5, 5.41) is 3.44. The highest BCUT2D eigenvalue weighted by atomic mass is 19.1. The number of rotatable bonds is 4. The lowest BCUT2D eigenvalue weighted by Crippen LogP contribution is -2.48. The first-order chi connectivity index (χ1) is 17.2. The maximum Gasteiger partial charge on any atom is 0.410 e. The Hall–Kier alpha value is -2.00. The van der Waals surface area contributed by atoms with Gasteiger partial charge in [0.2, 0.25) is 0 Å². The van der Waals surface area contributed by atoms with Gasteiger partial charge in [0, 0.05) is 37.5 Å². The molecule has 0 aliphatic carbocycles. The third-order valence-corrected chi connectivity index (χ3v) is 8.90. The lowest BCUT2D eigenvalue weighted by Gasteiger charge is -2.40. The third-order valence-electron chi connectivity index (χ3n) is 8.90. The van der Waals surface area contributed by atoms with E-state index in [-0.39, 0.29) is 29.6 Å². The monoisotopic (exact) mass is 501 g/mol. The van der Waals surface area contributed by atoms with E-state index in [2.05, 4.69) is 10.2 Å². The molecule has 2 bridgehead atoms. The molecule has 36 heavy (non-hydrogen) atoms. The van der Waals surface area contributed by atoms with E-state index in [0.29, 0.717) is 32.1 Å². The average molecular weight is 502 g/mol. The fourth-order valence-corrected chi connectivity index (χ4v) is 7.43. The molecule has 4 saturated heterocycles. The largest absolute Gasteiger partial charge is 0.461 e. The molecular formula is C27H40FN5O3. The number of halogens is 1. The van der Waals surface area contributed by atoms with E-state index < -0.39 is 11.8 Å². The number of carbonyl (C=O) groups is 1. The predicted molar refractivity (Wildman–Crippen MR) is 133 cm³/mol. The number of hydrogen-bond donors (Lipinski definition) is 1. The van der Waals surface area contributed by atoms with Crippen LogP contribution in [0.1, 0.15) is 88.6 Å². The summed E-state index contributed by atoms with van der Waals surface area (Å²) >= 11 is 0. The number of nitrogens with one attached hydrogen (secondary N) is 1. The summed E-state index contributed by atoms with van der Waals surface area (Å²) in [6, 6.07) is 0.801. The molecule has 1 N–H and O–H groups in total. The van der Waals surface area contributed by atoms with Gasteiger partial charge in [0.25, 0.3) is 0 Å². The first-order valence-corrected chi connectivity index (χ1v) is 13.8. The number of aromatic nitrogens is 2. The van der Waals surface area contributed by atoms with E-state index in [1.807, 2.05) is 25.7 Å². The third kappa shape index (κ3) is 4.46. The zero-order valence-corrected chi connectivity index (χ0v) is 21.9. The van der Waals surface area contributed by atoms with Gasteiger partial charge >= 0.3 is 12.1 Å². The lowest BCUT2D eigenvalue weighted by atomic mass is 9.84.